The molecule has 2 aromatic heterocycles. The second-order valence-corrected chi connectivity index (χ2v) is 8.90. The van der Waals surface area contributed by atoms with Crippen LogP contribution in [-0.2, 0) is 0 Å². The minimum atomic E-state index is -0.494. The predicted molar refractivity (Wildman–Crippen MR) is 135 cm³/mol. The van der Waals surface area contributed by atoms with Crippen molar-refractivity contribution in [1.29, 1.82) is 0 Å². The van der Waals surface area contributed by atoms with Crippen LogP contribution >= 0.6 is 11.6 Å². The van der Waals surface area contributed by atoms with E-state index in [0.29, 0.717) is 34.0 Å². The molecule has 1 atom stereocenters. The number of hydrogen-bond donors (Lipinski definition) is 0. The molecule has 0 radical (unpaired) electrons. The highest BCUT2D eigenvalue weighted by molar-refractivity contribution is 6.31. The second-order valence-electron chi connectivity index (χ2n) is 8.47. The summed E-state index contributed by atoms with van der Waals surface area (Å²) in [6.07, 6.45) is 4.33. The fourth-order valence-electron chi connectivity index (χ4n) is 4.08. The van der Waals surface area contributed by atoms with Crippen molar-refractivity contribution in [1.82, 2.24) is 14.5 Å². The predicted octanol–water partition coefficient (Wildman–Crippen LogP) is 6.33. The summed E-state index contributed by atoms with van der Waals surface area (Å²) >= 11 is 6.22. The highest BCUT2D eigenvalue weighted by Crippen LogP contribution is 2.26. The molecule has 6 nitrogen and oxygen atoms in total. The summed E-state index contributed by atoms with van der Waals surface area (Å²) < 4.78 is 7.01. The number of carbonyl (C=O) groups is 1. The highest BCUT2D eigenvalue weighted by atomic mass is 35.5. The van der Waals surface area contributed by atoms with Gasteiger partial charge >= 0.3 is 0 Å². The van der Waals surface area contributed by atoms with E-state index in [1.165, 1.54) is 6.26 Å². The number of halogens is 1. The zero-order chi connectivity index (χ0) is 24.2. The number of hydrogen-bond acceptors (Lipinski definition) is 4. The van der Waals surface area contributed by atoms with Crippen LogP contribution in [0, 0.1) is 6.92 Å². The zero-order valence-corrected chi connectivity index (χ0v) is 20.4. The van der Waals surface area contributed by atoms with Gasteiger partial charge in [0.05, 0.1) is 28.9 Å². The standard InChI is InChI=1S/C27H28ClN3O3/c1-4-5-6-15-30(27(33)24-8-7-16-34-24)19(3)25-29-23-17-20(28)11-14-22(23)26(32)31(25)21-12-9-18(2)10-13-21/h7-14,16-17,19H,4-6,15H2,1-3H3. The van der Waals surface area contributed by atoms with Crippen LogP contribution in [0.15, 0.2) is 70.1 Å². The number of furan rings is 1. The van der Waals surface area contributed by atoms with Crippen molar-refractivity contribution in [2.75, 3.05) is 6.54 Å². The SMILES string of the molecule is CCCCCN(C(=O)c1ccco1)C(C)c1nc2cc(Cl)ccc2c(=O)n1-c1ccc(C)cc1. The molecule has 176 valence electrons. The van der Waals surface area contributed by atoms with Crippen molar-refractivity contribution in [2.45, 2.75) is 46.1 Å². The first-order chi connectivity index (χ1) is 16.4. The van der Waals surface area contributed by atoms with Gasteiger partial charge in [0.15, 0.2) is 5.76 Å². The summed E-state index contributed by atoms with van der Waals surface area (Å²) in [5.41, 5.74) is 2.08. The normalized spacial score (nSPS) is 12.1. The maximum absolute atomic E-state index is 13.7. The van der Waals surface area contributed by atoms with Gasteiger partial charge in [-0.25, -0.2) is 4.98 Å². The van der Waals surface area contributed by atoms with Gasteiger partial charge in [-0.2, -0.15) is 0 Å². The van der Waals surface area contributed by atoms with E-state index in [4.69, 9.17) is 21.0 Å². The molecule has 0 N–H and O–H groups in total. The van der Waals surface area contributed by atoms with Crippen LogP contribution in [0.3, 0.4) is 0 Å². The monoisotopic (exact) mass is 477 g/mol. The van der Waals surface area contributed by atoms with Gasteiger partial charge in [-0.05, 0) is 62.7 Å². The Labute approximate surface area is 203 Å². The average molecular weight is 478 g/mol. The van der Waals surface area contributed by atoms with Crippen LogP contribution < -0.4 is 5.56 Å². The van der Waals surface area contributed by atoms with E-state index in [1.54, 1.807) is 39.8 Å². The maximum atomic E-state index is 13.7. The first-order valence-corrected chi connectivity index (χ1v) is 11.9. The third kappa shape index (κ3) is 4.77. The van der Waals surface area contributed by atoms with Crippen LogP contribution in [0.5, 0.6) is 0 Å². The molecule has 2 heterocycles. The van der Waals surface area contributed by atoms with Crippen LogP contribution in [0.1, 0.15) is 61.1 Å². The number of aryl methyl sites for hydroxylation is 1. The minimum absolute atomic E-state index is 0.202. The quantitative estimate of drug-likeness (QED) is 0.278. The molecule has 1 unspecified atom stereocenters. The van der Waals surface area contributed by atoms with Crippen molar-refractivity contribution < 1.29 is 9.21 Å². The van der Waals surface area contributed by atoms with E-state index < -0.39 is 6.04 Å². The fourth-order valence-corrected chi connectivity index (χ4v) is 4.25. The number of rotatable bonds is 8. The lowest BCUT2D eigenvalue weighted by molar-refractivity contribution is 0.0644. The number of unbranched alkanes of at least 4 members (excludes halogenated alkanes) is 2. The van der Waals surface area contributed by atoms with Gasteiger partial charge in [0.25, 0.3) is 11.5 Å². The van der Waals surface area contributed by atoms with Gasteiger partial charge in [0.2, 0.25) is 0 Å². The summed E-state index contributed by atoms with van der Waals surface area (Å²) in [5.74, 6) is 0.501. The average Bonchev–Trinajstić information content (AvgIpc) is 3.37. The molecule has 0 bridgehead atoms. The van der Waals surface area contributed by atoms with Gasteiger partial charge in [0, 0.05) is 11.6 Å². The number of aromatic nitrogens is 2. The third-order valence-electron chi connectivity index (χ3n) is 5.99. The molecule has 0 fully saturated rings. The Balaban J connectivity index is 1.90. The molecule has 34 heavy (non-hydrogen) atoms. The first kappa shape index (κ1) is 23.8. The number of amides is 1. The number of carbonyl (C=O) groups excluding carboxylic acids is 1. The van der Waals surface area contributed by atoms with Crippen molar-refractivity contribution in [3.8, 4) is 5.69 Å². The Bertz CT molecular complexity index is 1340. The lowest BCUT2D eigenvalue weighted by atomic mass is 10.1. The van der Waals surface area contributed by atoms with Gasteiger partial charge in [0.1, 0.15) is 5.82 Å². The highest BCUT2D eigenvalue weighted by Gasteiger charge is 2.28. The van der Waals surface area contributed by atoms with Gasteiger partial charge < -0.3 is 9.32 Å². The Morgan fingerprint density at radius 2 is 1.91 bits per heavy atom. The van der Waals surface area contributed by atoms with E-state index in [2.05, 4.69) is 6.92 Å². The van der Waals surface area contributed by atoms with Crippen molar-refractivity contribution in [3.63, 3.8) is 0 Å². The van der Waals surface area contributed by atoms with Crippen molar-refractivity contribution >= 4 is 28.4 Å². The van der Waals surface area contributed by atoms with Crippen LogP contribution in [0.2, 0.25) is 5.02 Å². The minimum Gasteiger partial charge on any atom is -0.459 e. The molecule has 4 aromatic rings. The summed E-state index contributed by atoms with van der Waals surface area (Å²) in [4.78, 5) is 33.7. The largest absolute Gasteiger partial charge is 0.459 e. The molecule has 0 saturated heterocycles. The number of fused-ring (bicyclic) bond motifs is 1. The van der Waals surface area contributed by atoms with Crippen LogP contribution in [0.4, 0.5) is 0 Å². The van der Waals surface area contributed by atoms with E-state index in [0.717, 1.165) is 24.8 Å². The summed E-state index contributed by atoms with van der Waals surface area (Å²) in [6.45, 7) is 6.53. The lowest BCUT2D eigenvalue weighted by Gasteiger charge is -2.30. The van der Waals surface area contributed by atoms with Gasteiger partial charge in [-0.1, -0.05) is 49.1 Å². The molecule has 0 saturated carbocycles. The molecule has 1 amide bonds. The molecular weight excluding hydrogens is 450 g/mol. The molecule has 2 aromatic carbocycles. The Morgan fingerprint density at radius 3 is 2.59 bits per heavy atom. The zero-order valence-electron chi connectivity index (χ0n) is 19.6. The fraction of sp³-hybridized carbons (Fsp3) is 0.296. The van der Waals surface area contributed by atoms with E-state index in [1.807, 2.05) is 38.1 Å². The Kier molecular flexibility index (Phi) is 7.17. The summed E-state index contributed by atoms with van der Waals surface area (Å²) in [7, 11) is 0. The molecule has 0 aliphatic rings. The van der Waals surface area contributed by atoms with Crippen molar-refractivity contribution in [2.24, 2.45) is 0 Å². The Hall–Kier alpha value is -3.38. The molecule has 0 aliphatic heterocycles. The maximum Gasteiger partial charge on any atom is 0.290 e. The topological polar surface area (TPSA) is 68.3 Å². The smallest absolute Gasteiger partial charge is 0.290 e. The van der Waals surface area contributed by atoms with E-state index in [9.17, 15) is 9.59 Å². The van der Waals surface area contributed by atoms with Crippen LogP contribution in [0.25, 0.3) is 16.6 Å². The number of benzene rings is 2. The molecular formula is C27H28ClN3O3. The molecule has 4 rings (SSSR count). The lowest BCUT2D eigenvalue weighted by Crippen LogP contribution is -2.38. The molecule has 0 spiro atoms. The van der Waals surface area contributed by atoms with E-state index in [-0.39, 0.29) is 17.2 Å². The first-order valence-electron chi connectivity index (χ1n) is 11.5. The van der Waals surface area contributed by atoms with Gasteiger partial charge in [-0.3, -0.25) is 14.2 Å². The summed E-state index contributed by atoms with van der Waals surface area (Å²) in [5, 5.41) is 0.966. The van der Waals surface area contributed by atoms with Crippen LogP contribution in [-0.4, -0.2) is 26.9 Å². The van der Waals surface area contributed by atoms with Gasteiger partial charge in [-0.15, -0.1) is 0 Å². The molecule has 0 aliphatic carbocycles. The second kappa shape index (κ2) is 10.3. The Morgan fingerprint density at radius 1 is 1.15 bits per heavy atom. The van der Waals surface area contributed by atoms with E-state index >= 15 is 0 Å². The molecule has 7 heteroatoms. The van der Waals surface area contributed by atoms with Crippen molar-refractivity contribution in [3.05, 3.63) is 93.4 Å². The summed E-state index contributed by atoms with van der Waals surface area (Å²) in [6, 6.07) is 15.6. The third-order valence-corrected chi connectivity index (χ3v) is 6.22. The number of nitrogens with zero attached hydrogens (tertiary/aromatic N) is 3.